The summed E-state index contributed by atoms with van der Waals surface area (Å²) in [5.74, 6) is 0.582. The molecule has 1 atom stereocenters. The lowest BCUT2D eigenvalue weighted by molar-refractivity contribution is 0.415. The van der Waals surface area contributed by atoms with Crippen LogP contribution in [0.3, 0.4) is 0 Å². The van der Waals surface area contributed by atoms with Crippen LogP contribution in [0.2, 0.25) is 10.0 Å². The van der Waals surface area contributed by atoms with Crippen molar-refractivity contribution in [3.63, 3.8) is 0 Å². The monoisotopic (exact) mass is 484 g/mol. The molecule has 0 spiro atoms. The molecule has 106 valence electrons. The maximum atomic E-state index is 6.35. The molecule has 5 heteroatoms. The molecule has 0 saturated heterocycles. The molecular formula is C15H12BrCl2IO. The van der Waals surface area contributed by atoms with Crippen molar-refractivity contribution in [1.29, 1.82) is 0 Å². The Kier molecular flexibility index (Phi) is 5.63. The summed E-state index contributed by atoms with van der Waals surface area (Å²) in [6, 6.07) is 9.81. The third kappa shape index (κ3) is 3.26. The van der Waals surface area contributed by atoms with Crippen molar-refractivity contribution >= 4 is 61.7 Å². The first kappa shape index (κ1) is 16.4. The van der Waals surface area contributed by atoms with Crippen LogP contribution < -0.4 is 4.74 Å². The number of hydrogen-bond acceptors (Lipinski definition) is 1. The fourth-order valence-corrected chi connectivity index (χ4v) is 4.43. The Morgan fingerprint density at radius 2 is 1.85 bits per heavy atom. The summed E-state index contributed by atoms with van der Waals surface area (Å²) in [5, 5.41) is 1.18. The summed E-state index contributed by atoms with van der Waals surface area (Å²) in [5.41, 5.74) is 3.35. The van der Waals surface area contributed by atoms with Gasteiger partial charge in [-0.25, -0.2) is 0 Å². The van der Waals surface area contributed by atoms with Gasteiger partial charge in [-0.2, -0.15) is 0 Å². The highest BCUT2D eigenvalue weighted by atomic mass is 127. The molecule has 0 fully saturated rings. The summed E-state index contributed by atoms with van der Waals surface area (Å²) >= 11 is 18.6. The molecule has 1 nitrogen and oxygen atoms in total. The smallest absolute Gasteiger partial charge is 0.138 e. The van der Waals surface area contributed by atoms with Gasteiger partial charge in [-0.3, -0.25) is 0 Å². The van der Waals surface area contributed by atoms with Crippen LogP contribution in [0.15, 0.2) is 30.3 Å². The summed E-state index contributed by atoms with van der Waals surface area (Å²) in [7, 11) is 1.58. The molecule has 0 aliphatic carbocycles. The van der Waals surface area contributed by atoms with Gasteiger partial charge < -0.3 is 4.74 Å². The third-order valence-electron chi connectivity index (χ3n) is 3.04. The number of hydrogen-bond donors (Lipinski definition) is 0. The van der Waals surface area contributed by atoms with Crippen molar-refractivity contribution in [3.8, 4) is 5.75 Å². The number of halogens is 4. The zero-order valence-electron chi connectivity index (χ0n) is 10.9. The van der Waals surface area contributed by atoms with Gasteiger partial charge in [0.15, 0.2) is 0 Å². The van der Waals surface area contributed by atoms with E-state index in [1.807, 2.05) is 12.1 Å². The average Bonchev–Trinajstić information content (AvgIpc) is 2.43. The van der Waals surface area contributed by atoms with Crippen LogP contribution >= 0.6 is 61.7 Å². The first-order chi connectivity index (χ1) is 9.45. The molecule has 0 saturated carbocycles. The van der Waals surface area contributed by atoms with Gasteiger partial charge in [0.2, 0.25) is 0 Å². The van der Waals surface area contributed by atoms with Crippen LogP contribution in [0.1, 0.15) is 21.5 Å². The molecule has 0 N–H and O–H groups in total. The number of ether oxygens (including phenoxy) is 1. The van der Waals surface area contributed by atoms with Crippen molar-refractivity contribution < 1.29 is 4.74 Å². The molecule has 0 aliphatic heterocycles. The Labute approximate surface area is 150 Å². The van der Waals surface area contributed by atoms with Gasteiger partial charge >= 0.3 is 0 Å². The molecule has 0 amide bonds. The van der Waals surface area contributed by atoms with Gasteiger partial charge in [0, 0.05) is 14.7 Å². The fraction of sp³-hybridized carbons (Fsp3) is 0.200. The van der Waals surface area contributed by atoms with Crippen LogP contribution in [0.25, 0.3) is 0 Å². The number of benzene rings is 2. The van der Waals surface area contributed by atoms with E-state index in [1.165, 1.54) is 14.7 Å². The van der Waals surface area contributed by atoms with Gasteiger partial charge in [0.25, 0.3) is 0 Å². The lowest BCUT2D eigenvalue weighted by atomic mass is 10.0. The molecule has 0 aliphatic rings. The minimum atomic E-state index is -0.00907. The van der Waals surface area contributed by atoms with Crippen LogP contribution in [0.4, 0.5) is 0 Å². The predicted octanol–water partition coefficient (Wildman–Crippen LogP) is 6.40. The number of aryl methyl sites for hydroxylation is 1. The van der Waals surface area contributed by atoms with E-state index in [1.54, 1.807) is 13.2 Å². The third-order valence-corrected chi connectivity index (χ3v) is 6.12. The Balaban J connectivity index is 2.51. The topological polar surface area (TPSA) is 9.23 Å². The van der Waals surface area contributed by atoms with E-state index < -0.39 is 0 Å². The van der Waals surface area contributed by atoms with Crippen LogP contribution in [0.5, 0.6) is 5.75 Å². The van der Waals surface area contributed by atoms with Gasteiger partial charge in [0.1, 0.15) is 5.75 Å². The highest BCUT2D eigenvalue weighted by molar-refractivity contribution is 14.1. The molecule has 0 heterocycles. The highest BCUT2D eigenvalue weighted by Crippen LogP contribution is 2.41. The average molecular weight is 486 g/mol. The molecule has 2 aromatic rings. The fourth-order valence-electron chi connectivity index (χ4n) is 1.93. The van der Waals surface area contributed by atoms with Crippen molar-refractivity contribution in [2.75, 3.05) is 7.11 Å². The van der Waals surface area contributed by atoms with Gasteiger partial charge in [-0.05, 0) is 52.3 Å². The van der Waals surface area contributed by atoms with Gasteiger partial charge in [0.05, 0.1) is 17.0 Å². The van der Waals surface area contributed by atoms with E-state index in [0.717, 1.165) is 5.56 Å². The van der Waals surface area contributed by atoms with E-state index in [4.69, 9.17) is 27.9 Å². The highest BCUT2D eigenvalue weighted by Gasteiger charge is 2.19. The normalized spacial score (nSPS) is 12.3. The van der Waals surface area contributed by atoms with E-state index in [2.05, 4.69) is 57.6 Å². The Morgan fingerprint density at radius 3 is 2.50 bits per heavy atom. The van der Waals surface area contributed by atoms with Crippen molar-refractivity contribution in [3.05, 3.63) is 60.6 Å². The van der Waals surface area contributed by atoms with Crippen molar-refractivity contribution in [2.24, 2.45) is 0 Å². The zero-order chi connectivity index (χ0) is 14.9. The number of methoxy groups -OCH3 is 1. The lowest BCUT2D eigenvalue weighted by Gasteiger charge is -2.17. The van der Waals surface area contributed by atoms with E-state index in [9.17, 15) is 0 Å². The molecule has 20 heavy (non-hydrogen) atoms. The second kappa shape index (κ2) is 6.86. The number of rotatable bonds is 3. The van der Waals surface area contributed by atoms with Crippen LogP contribution in [0, 0.1) is 10.5 Å². The minimum absolute atomic E-state index is 0.00907. The van der Waals surface area contributed by atoms with Gasteiger partial charge in [-0.15, -0.1) is 0 Å². The van der Waals surface area contributed by atoms with Gasteiger partial charge in [-0.1, -0.05) is 57.3 Å². The van der Waals surface area contributed by atoms with Crippen molar-refractivity contribution in [2.45, 2.75) is 11.8 Å². The zero-order valence-corrected chi connectivity index (χ0v) is 16.1. The van der Waals surface area contributed by atoms with Crippen LogP contribution in [-0.4, -0.2) is 7.11 Å². The molecule has 0 radical (unpaired) electrons. The first-order valence-electron chi connectivity index (χ1n) is 5.87. The van der Waals surface area contributed by atoms with E-state index in [-0.39, 0.29) is 4.83 Å². The SMILES string of the molecule is COc1cc(Cl)c(C(Br)c2cccc(C)c2I)cc1Cl. The molecule has 2 aromatic carbocycles. The van der Waals surface area contributed by atoms with E-state index in [0.29, 0.717) is 15.8 Å². The quantitative estimate of drug-likeness (QED) is 0.361. The second-order valence-electron chi connectivity index (χ2n) is 4.35. The van der Waals surface area contributed by atoms with E-state index >= 15 is 0 Å². The largest absolute Gasteiger partial charge is 0.495 e. The summed E-state index contributed by atoms with van der Waals surface area (Å²) in [6.45, 7) is 2.09. The molecule has 0 bridgehead atoms. The first-order valence-corrected chi connectivity index (χ1v) is 8.62. The molecule has 2 rings (SSSR count). The maximum absolute atomic E-state index is 6.35. The molecule has 1 unspecified atom stereocenters. The summed E-state index contributed by atoms with van der Waals surface area (Å²) in [6.07, 6.45) is 0. The standard InChI is InChI=1S/C15H12BrCl2IO/c1-8-4-3-5-9(15(8)19)14(16)10-6-12(18)13(20-2)7-11(10)17/h3-7,14H,1-2H3. The Hall–Kier alpha value is 0.0300. The molecular weight excluding hydrogens is 474 g/mol. The predicted molar refractivity (Wildman–Crippen MR) is 97.7 cm³/mol. The molecule has 0 aromatic heterocycles. The minimum Gasteiger partial charge on any atom is -0.495 e. The van der Waals surface area contributed by atoms with Crippen molar-refractivity contribution in [1.82, 2.24) is 0 Å². The Bertz CT molecular complexity index is 646. The summed E-state index contributed by atoms with van der Waals surface area (Å²) in [4.78, 5) is -0.00907. The second-order valence-corrected chi connectivity index (χ2v) is 7.16. The van der Waals surface area contributed by atoms with Crippen LogP contribution in [-0.2, 0) is 0 Å². The maximum Gasteiger partial charge on any atom is 0.138 e. The summed E-state index contributed by atoms with van der Waals surface area (Å²) < 4.78 is 6.39. The lowest BCUT2D eigenvalue weighted by Crippen LogP contribution is -1.99. The Morgan fingerprint density at radius 1 is 1.15 bits per heavy atom. The number of alkyl halides is 1.